The van der Waals surface area contributed by atoms with Crippen molar-refractivity contribution >= 4 is 11.8 Å². The molecule has 0 fully saturated rings. The number of nitrogens with zero attached hydrogens (tertiary/aromatic N) is 2. The van der Waals surface area contributed by atoms with Gasteiger partial charge in [0.2, 0.25) is 0 Å². The Balaban J connectivity index is 1.40. The lowest BCUT2D eigenvalue weighted by Gasteiger charge is -2.05. The Morgan fingerprint density at radius 2 is 0.941 bits per heavy atom. The lowest BCUT2D eigenvalue weighted by Crippen LogP contribution is -2.43. The quantitative estimate of drug-likeness (QED) is 0.379. The van der Waals surface area contributed by atoms with Crippen molar-refractivity contribution in [2.24, 2.45) is 0 Å². The van der Waals surface area contributed by atoms with Crippen LogP contribution in [0.1, 0.15) is 45.7 Å². The van der Waals surface area contributed by atoms with Gasteiger partial charge in [0.1, 0.15) is 0 Å². The summed E-state index contributed by atoms with van der Waals surface area (Å²) in [6.07, 6.45) is 9.94. The van der Waals surface area contributed by atoms with Gasteiger partial charge in [-0.2, -0.15) is 0 Å². The molecule has 4 nitrogen and oxygen atoms in total. The summed E-state index contributed by atoms with van der Waals surface area (Å²) >= 11 is 0. The summed E-state index contributed by atoms with van der Waals surface area (Å²) in [5.41, 5.74) is 6.42. The Morgan fingerprint density at radius 3 is 1.29 bits per heavy atom. The zero-order valence-electron chi connectivity index (χ0n) is 19.8. The number of carbonyl (C=O) groups excluding carboxylic acids is 2. The second-order valence-electron chi connectivity index (χ2n) is 8.48. The minimum Gasteiger partial charge on any atom is -0.219 e. The molecule has 0 radical (unpaired) electrons. The van der Waals surface area contributed by atoms with E-state index >= 15 is 0 Å². The van der Waals surface area contributed by atoms with Crippen molar-refractivity contribution in [3.8, 4) is 11.1 Å². The fourth-order valence-electron chi connectivity index (χ4n) is 3.94. The van der Waals surface area contributed by atoms with Crippen molar-refractivity contribution in [2.75, 3.05) is 0 Å². The monoisotopic (exact) mass is 450 g/mol. The average molecular weight is 451 g/mol. The largest absolute Gasteiger partial charge is 0.396 e. The zero-order chi connectivity index (χ0) is 23.9. The molecule has 0 aliphatic heterocycles. The van der Waals surface area contributed by atoms with Gasteiger partial charge in [-0.25, -0.2) is 9.59 Å². The summed E-state index contributed by atoms with van der Waals surface area (Å²) in [5.74, 6) is 0.110. The molecule has 0 N–H and O–H groups in total. The molecule has 0 aliphatic carbocycles. The van der Waals surface area contributed by atoms with Crippen LogP contribution in [0.5, 0.6) is 0 Å². The predicted molar refractivity (Wildman–Crippen MR) is 133 cm³/mol. The van der Waals surface area contributed by atoms with Gasteiger partial charge < -0.3 is 0 Å². The van der Waals surface area contributed by atoms with Gasteiger partial charge in [0.05, 0.1) is 12.8 Å². The van der Waals surface area contributed by atoms with Crippen LogP contribution < -0.4 is 9.13 Å². The molecule has 2 aromatic carbocycles. The number of aryl methyl sites for hydroxylation is 2. The van der Waals surface area contributed by atoms with Gasteiger partial charge in [0.25, 0.3) is 0 Å². The van der Waals surface area contributed by atoms with Crippen LogP contribution in [-0.4, -0.2) is 11.8 Å². The van der Waals surface area contributed by atoms with Gasteiger partial charge >= 0.3 is 11.8 Å². The lowest BCUT2D eigenvalue weighted by molar-refractivity contribution is -0.575. The van der Waals surface area contributed by atoms with E-state index in [1.54, 1.807) is 21.5 Å². The number of hydrogen-bond donors (Lipinski definition) is 0. The minimum atomic E-state index is 0.0550. The molecule has 34 heavy (non-hydrogen) atoms. The normalized spacial score (nSPS) is 10.8. The van der Waals surface area contributed by atoms with Crippen molar-refractivity contribution < 1.29 is 18.7 Å². The molecule has 0 saturated carbocycles. The van der Waals surface area contributed by atoms with E-state index < -0.39 is 0 Å². The van der Waals surface area contributed by atoms with E-state index in [0.29, 0.717) is 12.8 Å². The first kappa shape index (κ1) is 23.2. The molecule has 0 aliphatic rings. The molecule has 0 atom stereocenters. The zero-order valence-corrected chi connectivity index (χ0v) is 19.8. The Hall–Kier alpha value is -3.92. The highest BCUT2D eigenvalue weighted by Gasteiger charge is 2.16. The number of hydrogen-bond acceptors (Lipinski definition) is 2. The molecule has 170 valence electrons. The molecule has 0 bridgehead atoms. The van der Waals surface area contributed by atoms with Gasteiger partial charge in [-0.1, -0.05) is 62.4 Å². The van der Waals surface area contributed by atoms with Gasteiger partial charge in [-0.15, -0.1) is 9.13 Å². The first-order valence-electron chi connectivity index (χ1n) is 11.8. The van der Waals surface area contributed by atoms with E-state index in [2.05, 4.69) is 13.8 Å². The molecule has 2 aromatic heterocycles. The molecular formula is C30H30N2O2+2. The summed E-state index contributed by atoms with van der Waals surface area (Å²) in [5, 5.41) is 0. The molecule has 2 heterocycles. The van der Waals surface area contributed by atoms with Crippen LogP contribution in [0.3, 0.4) is 0 Å². The number of carbonyl (C=O) groups is 2. The fraction of sp³-hybridized carbons (Fsp3) is 0.200. The van der Waals surface area contributed by atoms with Crippen molar-refractivity contribution in [1.29, 1.82) is 0 Å². The Kier molecular flexibility index (Phi) is 7.38. The van der Waals surface area contributed by atoms with Gasteiger partial charge in [0.15, 0.2) is 24.8 Å². The highest BCUT2D eigenvalue weighted by atomic mass is 16.2. The van der Waals surface area contributed by atoms with Crippen LogP contribution in [0.2, 0.25) is 0 Å². The second-order valence-corrected chi connectivity index (χ2v) is 8.48. The molecule has 0 unspecified atom stereocenters. The maximum atomic E-state index is 12.6. The van der Waals surface area contributed by atoms with Crippen molar-refractivity contribution in [3.63, 3.8) is 0 Å². The van der Waals surface area contributed by atoms with Crippen LogP contribution >= 0.6 is 0 Å². The van der Waals surface area contributed by atoms with E-state index in [4.69, 9.17) is 0 Å². The molecule has 0 amide bonds. The Morgan fingerprint density at radius 1 is 0.559 bits per heavy atom. The smallest absolute Gasteiger partial charge is 0.219 e. The lowest BCUT2D eigenvalue weighted by atomic mass is 10.0. The first-order valence-corrected chi connectivity index (χ1v) is 11.8. The van der Waals surface area contributed by atoms with Crippen molar-refractivity contribution in [1.82, 2.24) is 0 Å². The van der Waals surface area contributed by atoms with Crippen LogP contribution in [0.4, 0.5) is 0 Å². The maximum Gasteiger partial charge on any atom is 0.396 e. The first-order chi connectivity index (χ1) is 16.6. The molecular weight excluding hydrogens is 420 g/mol. The predicted octanol–water partition coefficient (Wildman–Crippen LogP) is 4.82. The summed E-state index contributed by atoms with van der Waals surface area (Å²) < 4.78 is 3.34. The second kappa shape index (κ2) is 10.8. The summed E-state index contributed by atoms with van der Waals surface area (Å²) in [4.78, 5) is 25.3. The SMILES string of the molecule is CCc1ccc[n+](C(=O)Cc2ccc(-c3ccc(CC(=O)[n+]4cccc(CC)c4)cc3)cc2)c1. The third kappa shape index (κ3) is 5.70. The standard InChI is InChI=1S/C30H30N2O2/c1-3-23-7-5-17-31(21-23)29(33)19-25-9-13-27(14-10-25)28-15-11-26(12-16-28)20-30(34)32-18-6-8-24(4-2)22-32/h5-18,21-22H,3-4,19-20H2,1-2H3/q+2. The molecule has 0 saturated heterocycles. The highest BCUT2D eigenvalue weighted by molar-refractivity contribution is 5.72. The molecule has 4 rings (SSSR count). The van der Waals surface area contributed by atoms with E-state index in [1.165, 1.54) is 0 Å². The van der Waals surface area contributed by atoms with Gasteiger partial charge in [-0.05, 0) is 47.2 Å². The van der Waals surface area contributed by atoms with E-state index in [-0.39, 0.29) is 11.8 Å². The van der Waals surface area contributed by atoms with Gasteiger partial charge in [-0.3, -0.25) is 0 Å². The van der Waals surface area contributed by atoms with Crippen molar-refractivity contribution in [2.45, 2.75) is 39.5 Å². The third-order valence-electron chi connectivity index (χ3n) is 6.07. The number of rotatable bonds is 7. The minimum absolute atomic E-state index is 0.0550. The molecule has 4 aromatic rings. The number of aromatic nitrogens is 2. The summed E-state index contributed by atoms with van der Waals surface area (Å²) in [6, 6.07) is 24.1. The van der Waals surface area contributed by atoms with E-state index in [9.17, 15) is 9.59 Å². The Labute approximate surface area is 201 Å². The number of benzene rings is 2. The molecule has 4 heteroatoms. The van der Waals surface area contributed by atoms with E-state index in [0.717, 1.165) is 46.2 Å². The summed E-state index contributed by atoms with van der Waals surface area (Å²) in [7, 11) is 0. The van der Waals surface area contributed by atoms with Gasteiger partial charge in [0, 0.05) is 23.3 Å². The number of pyridine rings is 2. The van der Waals surface area contributed by atoms with Crippen molar-refractivity contribution in [3.05, 3.63) is 120 Å². The van der Waals surface area contributed by atoms with Crippen LogP contribution in [0.15, 0.2) is 97.6 Å². The van der Waals surface area contributed by atoms with E-state index in [1.807, 2.05) is 85.2 Å². The Bertz CT molecular complexity index is 1190. The van der Waals surface area contributed by atoms with Crippen LogP contribution in [0.25, 0.3) is 11.1 Å². The average Bonchev–Trinajstić information content (AvgIpc) is 2.89. The van der Waals surface area contributed by atoms with Crippen LogP contribution in [-0.2, 0) is 25.7 Å². The third-order valence-corrected chi connectivity index (χ3v) is 6.07. The van der Waals surface area contributed by atoms with Crippen LogP contribution in [0, 0.1) is 0 Å². The fourth-order valence-corrected chi connectivity index (χ4v) is 3.94. The highest BCUT2D eigenvalue weighted by Crippen LogP contribution is 2.21. The summed E-state index contributed by atoms with van der Waals surface area (Å²) in [6.45, 7) is 4.16. The topological polar surface area (TPSA) is 41.9 Å². The molecule has 0 spiro atoms. The maximum absolute atomic E-state index is 12.6.